The highest BCUT2D eigenvalue weighted by Gasteiger charge is 2.12. The molecule has 9 heteroatoms. The number of carbonyl (C=O) groups excluding carboxylic acids is 2. The molecule has 0 radical (unpaired) electrons. The summed E-state index contributed by atoms with van der Waals surface area (Å²) in [5, 5.41) is 6.97. The van der Waals surface area contributed by atoms with Gasteiger partial charge in [0.1, 0.15) is 5.82 Å². The molecular formula is C21H17F2N3O3S. The van der Waals surface area contributed by atoms with Crippen LogP contribution in [-0.2, 0) is 9.59 Å². The van der Waals surface area contributed by atoms with E-state index in [-0.39, 0.29) is 22.4 Å². The van der Waals surface area contributed by atoms with E-state index in [0.717, 1.165) is 11.3 Å². The van der Waals surface area contributed by atoms with Crippen molar-refractivity contribution in [2.45, 2.75) is 6.92 Å². The van der Waals surface area contributed by atoms with Gasteiger partial charge in [0.05, 0.1) is 12.8 Å². The molecule has 3 aromatic rings. The van der Waals surface area contributed by atoms with Gasteiger partial charge < -0.3 is 10.1 Å². The van der Waals surface area contributed by atoms with Gasteiger partial charge in [-0.2, -0.15) is 0 Å². The van der Waals surface area contributed by atoms with Gasteiger partial charge in [0.2, 0.25) is 11.8 Å². The summed E-state index contributed by atoms with van der Waals surface area (Å²) in [6.07, 6.45) is 2.69. The summed E-state index contributed by atoms with van der Waals surface area (Å²) in [6, 6.07) is 8.59. The molecule has 0 aliphatic carbocycles. The Bertz CT molecular complexity index is 1130. The number of methoxy groups -OCH3 is 1. The normalized spacial score (nSPS) is 10.8. The van der Waals surface area contributed by atoms with Crippen molar-refractivity contribution in [2.24, 2.45) is 0 Å². The number of halogens is 2. The summed E-state index contributed by atoms with van der Waals surface area (Å²) in [5.41, 5.74) is 1.42. The van der Waals surface area contributed by atoms with Gasteiger partial charge in [-0.05, 0) is 42.0 Å². The molecule has 0 atom stereocenters. The minimum atomic E-state index is -0.550. The van der Waals surface area contributed by atoms with Crippen molar-refractivity contribution in [1.82, 2.24) is 4.98 Å². The molecule has 0 aliphatic heterocycles. The van der Waals surface area contributed by atoms with Crippen molar-refractivity contribution in [3.05, 3.63) is 65.1 Å². The molecular weight excluding hydrogens is 412 g/mol. The number of hydrogen-bond donors (Lipinski definition) is 2. The van der Waals surface area contributed by atoms with E-state index in [1.165, 1.54) is 50.5 Å². The molecule has 0 saturated heterocycles. The molecule has 1 heterocycles. The van der Waals surface area contributed by atoms with Gasteiger partial charge >= 0.3 is 0 Å². The third kappa shape index (κ3) is 5.26. The number of carbonyl (C=O) groups is 2. The number of nitrogens with zero attached hydrogens (tertiary/aromatic N) is 1. The monoisotopic (exact) mass is 429 g/mol. The summed E-state index contributed by atoms with van der Waals surface area (Å²) in [7, 11) is 1.37. The van der Waals surface area contributed by atoms with Crippen LogP contribution in [0.25, 0.3) is 17.3 Å². The van der Waals surface area contributed by atoms with Crippen LogP contribution in [0, 0.1) is 11.6 Å². The lowest BCUT2D eigenvalue weighted by Gasteiger charge is -2.04. The first-order valence-electron chi connectivity index (χ1n) is 8.71. The number of hydrogen-bond acceptors (Lipinski definition) is 5. The molecule has 2 amide bonds. The molecule has 6 nitrogen and oxygen atoms in total. The minimum absolute atomic E-state index is 0.115. The maximum atomic E-state index is 14.3. The van der Waals surface area contributed by atoms with E-state index in [4.69, 9.17) is 4.74 Å². The zero-order valence-corrected chi connectivity index (χ0v) is 16.8. The number of anilines is 2. The molecule has 1 aromatic heterocycles. The first kappa shape index (κ1) is 21.1. The number of benzene rings is 2. The highest BCUT2D eigenvalue weighted by molar-refractivity contribution is 7.14. The van der Waals surface area contributed by atoms with Gasteiger partial charge in [-0.1, -0.05) is 6.07 Å². The smallest absolute Gasteiger partial charge is 0.250 e. The van der Waals surface area contributed by atoms with Crippen molar-refractivity contribution in [2.75, 3.05) is 17.7 Å². The SMILES string of the molecule is COc1ccc(/C=C/C(=O)Nc2nc(-c3ccc(NC(C)=O)cc3F)cs2)cc1F. The van der Waals surface area contributed by atoms with Crippen molar-refractivity contribution >= 4 is 40.0 Å². The molecule has 0 spiro atoms. The fourth-order valence-electron chi connectivity index (χ4n) is 2.56. The van der Waals surface area contributed by atoms with Crippen LogP contribution in [0.15, 0.2) is 47.9 Å². The van der Waals surface area contributed by atoms with Crippen LogP contribution in [0.5, 0.6) is 5.75 Å². The second kappa shape index (κ2) is 9.27. The standard InChI is InChI=1S/C21H17F2N3O3S/c1-12(27)24-14-5-6-15(16(22)10-14)18-11-30-21(25-18)26-20(28)8-4-13-3-7-19(29-2)17(23)9-13/h3-11H,1-2H3,(H,24,27)(H,25,26,28)/b8-4+. The Balaban J connectivity index is 1.67. The summed E-state index contributed by atoms with van der Waals surface area (Å²) in [5.74, 6) is -1.73. The number of amides is 2. The fraction of sp³-hybridized carbons (Fsp3) is 0.0952. The van der Waals surface area contributed by atoms with E-state index in [0.29, 0.717) is 16.9 Å². The lowest BCUT2D eigenvalue weighted by molar-refractivity contribution is -0.114. The molecule has 2 aromatic carbocycles. The lowest BCUT2D eigenvalue weighted by Crippen LogP contribution is -2.07. The van der Waals surface area contributed by atoms with Crippen molar-refractivity contribution in [3.63, 3.8) is 0 Å². The fourth-order valence-corrected chi connectivity index (χ4v) is 3.28. The third-order valence-corrected chi connectivity index (χ3v) is 4.66. The molecule has 30 heavy (non-hydrogen) atoms. The quantitative estimate of drug-likeness (QED) is 0.557. The number of rotatable bonds is 6. The molecule has 0 saturated carbocycles. The van der Waals surface area contributed by atoms with E-state index in [9.17, 15) is 18.4 Å². The first-order valence-corrected chi connectivity index (χ1v) is 9.59. The van der Waals surface area contributed by atoms with Crippen LogP contribution in [0.4, 0.5) is 19.6 Å². The number of ether oxygens (including phenoxy) is 1. The number of thiazole rings is 1. The van der Waals surface area contributed by atoms with Gasteiger partial charge in [-0.3, -0.25) is 14.9 Å². The van der Waals surface area contributed by atoms with Crippen LogP contribution in [0.2, 0.25) is 0 Å². The zero-order chi connectivity index (χ0) is 21.7. The Kier molecular flexibility index (Phi) is 6.53. The molecule has 3 rings (SSSR count). The Morgan fingerprint density at radius 1 is 1.10 bits per heavy atom. The molecule has 0 aliphatic rings. The third-order valence-electron chi connectivity index (χ3n) is 3.90. The molecule has 0 unspecified atom stereocenters. The minimum Gasteiger partial charge on any atom is -0.494 e. The lowest BCUT2D eigenvalue weighted by atomic mass is 10.1. The highest BCUT2D eigenvalue weighted by Crippen LogP contribution is 2.28. The number of aromatic nitrogens is 1. The van der Waals surface area contributed by atoms with Crippen molar-refractivity contribution in [3.8, 4) is 17.0 Å². The van der Waals surface area contributed by atoms with Crippen LogP contribution in [-0.4, -0.2) is 23.9 Å². The summed E-state index contributed by atoms with van der Waals surface area (Å²) >= 11 is 1.14. The second-order valence-electron chi connectivity index (χ2n) is 6.13. The average molecular weight is 429 g/mol. The topological polar surface area (TPSA) is 80.3 Å². The molecule has 0 bridgehead atoms. The van der Waals surface area contributed by atoms with Crippen LogP contribution < -0.4 is 15.4 Å². The predicted octanol–water partition coefficient (Wildman–Crippen LogP) is 4.71. The van der Waals surface area contributed by atoms with Gasteiger partial charge in [0, 0.05) is 29.6 Å². The maximum absolute atomic E-state index is 14.3. The zero-order valence-electron chi connectivity index (χ0n) is 16.0. The Hall–Kier alpha value is -3.59. The summed E-state index contributed by atoms with van der Waals surface area (Å²) < 4.78 is 32.9. The Labute approximate surface area is 175 Å². The van der Waals surface area contributed by atoms with Gasteiger partial charge in [-0.25, -0.2) is 13.8 Å². The predicted molar refractivity (Wildman–Crippen MR) is 112 cm³/mol. The molecule has 154 valence electrons. The second-order valence-corrected chi connectivity index (χ2v) is 6.99. The van der Waals surface area contributed by atoms with Gasteiger partial charge in [0.15, 0.2) is 16.7 Å². The summed E-state index contributed by atoms with van der Waals surface area (Å²) in [6.45, 7) is 1.33. The average Bonchev–Trinajstić information content (AvgIpc) is 3.14. The largest absolute Gasteiger partial charge is 0.494 e. The van der Waals surface area contributed by atoms with E-state index in [1.54, 1.807) is 17.5 Å². The van der Waals surface area contributed by atoms with Crippen LogP contribution >= 0.6 is 11.3 Å². The summed E-state index contributed by atoms with van der Waals surface area (Å²) in [4.78, 5) is 27.4. The molecule has 0 fully saturated rings. The van der Waals surface area contributed by atoms with Crippen molar-refractivity contribution < 1.29 is 23.1 Å². The van der Waals surface area contributed by atoms with Gasteiger partial charge in [0.25, 0.3) is 0 Å². The van der Waals surface area contributed by atoms with Crippen LogP contribution in [0.1, 0.15) is 12.5 Å². The first-order chi connectivity index (χ1) is 14.4. The van der Waals surface area contributed by atoms with Crippen LogP contribution in [0.3, 0.4) is 0 Å². The Morgan fingerprint density at radius 3 is 2.57 bits per heavy atom. The van der Waals surface area contributed by atoms with E-state index in [1.807, 2.05) is 0 Å². The van der Waals surface area contributed by atoms with Crippen molar-refractivity contribution in [1.29, 1.82) is 0 Å². The maximum Gasteiger partial charge on any atom is 0.250 e. The Morgan fingerprint density at radius 2 is 1.90 bits per heavy atom. The highest BCUT2D eigenvalue weighted by atomic mass is 32.1. The van der Waals surface area contributed by atoms with E-state index in [2.05, 4.69) is 15.6 Å². The van der Waals surface area contributed by atoms with Gasteiger partial charge in [-0.15, -0.1) is 11.3 Å². The van der Waals surface area contributed by atoms with E-state index >= 15 is 0 Å². The molecule has 2 N–H and O–H groups in total. The number of nitrogens with one attached hydrogen (secondary N) is 2. The van der Waals surface area contributed by atoms with E-state index < -0.39 is 17.5 Å².